The number of carbonyl (C=O) groups is 1. The summed E-state index contributed by atoms with van der Waals surface area (Å²) in [7, 11) is 5.19. The Hall–Kier alpha value is -0.680. The third kappa shape index (κ3) is 2.81. The zero-order chi connectivity index (χ0) is 9.02. The zero-order valence-electron chi connectivity index (χ0n) is 7.21. The van der Waals surface area contributed by atoms with Crippen LogP contribution in [0.15, 0.2) is 0 Å². The molecule has 0 aromatic rings. The van der Waals surface area contributed by atoms with Gasteiger partial charge in [-0.15, -0.1) is 0 Å². The van der Waals surface area contributed by atoms with Crippen LogP contribution in [0.5, 0.6) is 0 Å². The fourth-order valence-electron chi connectivity index (χ4n) is 0.712. The van der Waals surface area contributed by atoms with Crippen LogP contribution in [0.1, 0.15) is 6.92 Å². The summed E-state index contributed by atoms with van der Waals surface area (Å²) in [5, 5.41) is 6.12. The molecule has 0 radical (unpaired) electrons. The number of hydrogen-bond donors (Lipinski definition) is 1. The van der Waals surface area contributed by atoms with Crippen molar-refractivity contribution in [3.8, 4) is 0 Å². The van der Waals surface area contributed by atoms with Gasteiger partial charge in [-0.25, -0.2) is 10.0 Å². The summed E-state index contributed by atoms with van der Waals surface area (Å²) in [6, 6.07) is 0. The van der Waals surface area contributed by atoms with Crippen LogP contribution in [-0.4, -0.2) is 42.2 Å². The topological polar surface area (TPSA) is 35.6 Å². The highest BCUT2D eigenvalue weighted by molar-refractivity contribution is 7.80. The Morgan fingerprint density at radius 1 is 1.45 bits per heavy atom. The lowest BCUT2D eigenvalue weighted by molar-refractivity contribution is -0.133. The highest BCUT2D eigenvalue weighted by atomic mass is 32.1. The second-order valence-corrected chi connectivity index (χ2v) is 2.62. The van der Waals surface area contributed by atoms with E-state index in [1.165, 1.54) is 11.9 Å². The zero-order valence-corrected chi connectivity index (χ0v) is 8.03. The van der Waals surface area contributed by atoms with Gasteiger partial charge in [-0.05, 0) is 12.2 Å². The lowest BCUT2D eigenvalue weighted by Gasteiger charge is -2.27. The standard InChI is InChI=1S/C6H13N3OS/c1-5(10)9(8(3)4)6(11)7-2/h1-4H3,(H,7,11). The van der Waals surface area contributed by atoms with Crippen molar-refractivity contribution in [2.24, 2.45) is 0 Å². The molecule has 0 spiro atoms. The van der Waals surface area contributed by atoms with Crippen LogP contribution in [-0.2, 0) is 4.79 Å². The Morgan fingerprint density at radius 2 is 1.91 bits per heavy atom. The number of carbonyl (C=O) groups excluding carboxylic acids is 1. The van der Waals surface area contributed by atoms with E-state index in [9.17, 15) is 4.79 Å². The smallest absolute Gasteiger partial charge is 0.240 e. The van der Waals surface area contributed by atoms with Crippen LogP contribution in [0, 0.1) is 0 Å². The molecule has 0 saturated heterocycles. The number of amides is 1. The average Bonchev–Trinajstić information content (AvgIpc) is 1.85. The van der Waals surface area contributed by atoms with Gasteiger partial charge >= 0.3 is 0 Å². The van der Waals surface area contributed by atoms with Gasteiger partial charge in [-0.3, -0.25) is 4.79 Å². The molecule has 0 bridgehead atoms. The molecule has 4 nitrogen and oxygen atoms in total. The number of rotatable bonds is 1. The van der Waals surface area contributed by atoms with E-state index in [0.29, 0.717) is 5.11 Å². The Kier molecular flexibility index (Phi) is 3.99. The van der Waals surface area contributed by atoms with Gasteiger partial charge in [0.2, 0.25) is 5.91 Å². The minimum atomic E-state index is -0.102. The van der Waals surface area contributed by atoms with Gasteiger partial charge in [-0.1, -0.05) is 0 Å². The van der Waals surface area contributed by atoms with Crippen LogP contribution < -0.4 is 5.32 Å². The molecule has 0 aliphatic carbocycles. The SMILES string of the molecule is CNC(=S)N(C(C)=O)N(C)C. The average molecular weight is 175 g/mol. The molecule has 0 aliphatic rings. The van der Waals surface area contributed by atoms with Crippen molar-refractivity contribution in [2.75, 3.05) is 21.1 Å². The van der Waals surface area contributed by atoms with E-state index in [4.69, 9.17) is 12.2 Å². The number of hydrogen-bond acceptors (Lipinski definition) is 3. The summed E-state index contributed by atoms with van der Waals surface area (Å²) in [5.74, 6) is -0.102. The maximum absolute atomic E-state index is 10.9. The Labute approximate surface area is 72.1 Å². The molecule has 0 saturated carbocycles. The first-order valence-corrected chi connectivity index (χ1v) is 3.61. The summed E-state index contributed by atoms with van der Waals surface area (Å²) >= 11 is 4.88. The van der Waals surface area contributed by atoms with Crippen LogP contribution >= 0.6 is 12.2 Å². The normalized spacial score (nSPS) is 9.55. The van der Waals surface area contributed by atoms with Gasteiger partial charge < -0.3 is 5.32 Å². The summed E-state index contributed by atoms with van der Waals surface area (Å²) in [4.78, 5) is 10.9. The van der Waals surface area contributed by atoms with E-state index in [-0.39, 0.29) is 5.91 Å². The number of nitrogens with one attached hydrogen (secondary N) is 1. The second-order valence-electron chi connectivity index (χ2n) is 2.23. The third-order valence-corrected chi connectivity index (χ3v) is 1.48. The van der Waals surface area contributed by atoms with Crippen molar-refractivity contribution in [1.29, 1.82) is 0 Å². The van der Waals surface area contributed by atoms with Crippen LogP contribution in [0.4, 0.5) is 0 Å². The molecular weight excluding hydrogens is 162 g/mol. The molecule has 0 rings (SSSR count). The molecule has 1 amide bonds. The van der Waals surface area contributed by atoms with E-state index < -0.39 is 0 Å². The lowest BCUT2D eigenvalue weighted by Crippen LogP contribution is -2.48. The highest BCUT2D eigenvalue weighted by Crippen LogP contribution is 1.92. The molecule has 1 N–H and O–H groups in total. The van der Waals surface area contributed by atoms with Gasteiger partial charge in [0.05, 0.1) is 0 Å². The van der Waals surface area contributed by atoms with Crippen molar-refractivity contribution >= 4 is 23.2 Å². The molecule has 0 heterocycles. The lowest BCUT2D eigenvalue weighted by atomic mass is 10.6. The summed E-state index contributed by atoms with van der Waals surface area (Å²) in [5.41, 5.74) is 0. The first kappa shape index (κ1) is 10.3. The Morgan fingerprint density at radius 3 is 2.00 bits per heavy atom. The number of hydrazine groups is 1. The van der Waals surface area contributed by atoms with E-state index in [0.717, 1.165) is 0 Å². The summed E-state index contributed by atoms with van der Waals surface area (Å²) < 4.78 is 0. The molecule has 0 aliphatic heterocycles. The summed E-state index contributed by atoms with van der Waals surface area (Å²) in [6.07, 6.45) is 0. The van der Waals surface area contributed by atoms with Gasteiger partial charge in [0.25, 0.3) is 0 Å². The van der Waals surface area contributed by atoms with Gasteiger partial charge in [0.15, 0.2) is 5.11 Å². The Balaban J connectivity index is 4.34. The highest BCUT2D eigenvalue weighted by Gasteiger charge is 2.14. The number of nitrogens with zero attached hydrogens (tertiary/aromatic N) is 2. The minimum absolute atomic E-state index is 0.102. The number of thiocarbonyl (C=S) groups is 1. The molecule has 5 heteroatoms. The van der Waals surface area contributed by atoms with Crippen molar-refractivity contribution in [3.63, 3.8) is 0 Å². The monoisotopic (exact) mass is 175 g/mol. The van der Waals surface area contributed by atoms with Gasteiger partial charge in [-0.2, -0.15) is 0 Å². The van der Waals surface area contributed by atoms with E-state index >= 15 is 0 Å². The second kappa shape index (κ2) is 4.25. The van der Waals surface area contributed by atoms with E-state index in [1.54, 1.807) is 26.2 Å². The Bertz CT molecular complexity index is 169. The maximum atomic E-state index is 10.9. The van der Waals surface area contributed by atoms with E-state index in [2.05, 4.69) is 5.32 Å². The largest absolute Gasteiger partial charge is 0.364 e. The van der Waals surface area contributed by atoms with Crippen LogP contribution in [0.2, 0.25) is 0 Å². The molecule has 0 atom stereocenters. The van der Waals surface area contributed by atoms with Gasteiger partial charge in [0, 0.05) is 28.1 Å². The molecular formula is C6H13N3OS. The first-order valence-electron chi connectivity index (χ1n) is 3.20. The molecule has 11 heavy (non-hydrogen) atoms. The fourth-order valence-corrected chi connectivity index (χ4v) is 1.00. The van der Waals surface area contributed by atoms with E-state index in [1.807, 2.05) is 0 Å². The third-order valence-electron chi connectivity index (χ3n) is 1.10. The molecule has 64 valence electrons. The van der Waals surface area contributed by atoms with Gasteiger partial charge in [0.1, 0.15) is 0 Å². The fraction of sp³-hybridized carbons (Fsp3) is 0.667. The molecule has 0 fully saturated rings. The van der Waals surface area contributed by atoms with Crippen molar-refractivity contribution in [2.45, 2.75) is 6.92 Å². The molecule has 0 unspecified atom stereocenters. The van der Waals surface area contributed by atoms with Crippen LogP contribution in [0.25, 0.3) is 0 Å². The molecule has 0 aromatic heterocycles. The first-order chi connectivity index (χ1) is 5.00. The minimum Gasteiger partial charge on any atom is -0.364 e. The maximum Gasteiger partial charge on any atom is 0.240 e. The predicted molar refractivity (Wildman–Crippen MR) is 47.9 cm³/mol. The summed E-state index contributed by atoms with van der Waals surface area (Å²) in [6.45, 7) is 1.46. The van der Waals surface area contributed by atoms with Crippen molar-refractivity contribution in [1.82, 2.24) is 15.3 Å². The van der Waals surface area contributed by atoms with Crippen molar-refractivity contribution < 1.29 is 4.79 Å². The molecule has 0 aromatic carbocycles. The predicted octanol–water partition coefficient (Wildman–Crippen LogP) is -0.184. The quantitative estimate of drug-likeness (QED) is 0.443. The van der Waals surface area contributed by atoms with Crippen molar-refractivity contribution in [3.05, 3.63) is 0 Å². The van der Waals surface area contributed by atoms with Crippen LogP contribution in [0.3, 0.4) is 0 Å².